The Balaban J connectivity index is 4.63. The Morgan fingerprint density at radius 1 is 0.674 bits per heavy atom. The van der Waals surface area contributed by atoms with Crippen LogP contribution in [-0.4, -0.2) is 80.6 Å². The summed E-state index contributed by atoms with van der Waals surface area (Å²) in [5.41, 5.74) is 0. The molecule has 0 bridgehead atoms. The van der Waals surface area contributed by atoms with Gasteiger partial charge in [-0.1, -0.05) is 113 Å². The number of hydrogen-bond donors (Lipinski definition) is 1. The number of esters is 2. The van der Waals surface area contributed by atoms with Gasteiger partial charge in [0.2, 0.25) is 0 Å². The van der Waals surface area contributed by atoms with Gasteiger partial charge in [-0.05, 0) is 38.5 Å². The average molecular weight is 647 g/mol. The molecule has 0 aliphatic heterocycles. The summed E-state index contributed by atoms with van der Waals surface area (Å²) in [6.45, 7) is 4.43. The Hall–Kier alpha value is -2.97. The number of quaternary nitrogens is 1. The lowest BCUT2D eigenvalue weighted by Crippen LogP contribution is -2.50. The van der Waals surface area contributed by atoms with Gasteiger partial charge in [-0.3, -0.25) is 9.59 Å². The van der Waals surface area contributed by atoms with Crippen LogP contribution in [0.25, 0.3) is 0 Å². The van der Waals surface area contributed by atoms with E-state index in [0.717, 1.165) is 44.9 Å². The van der Waals surface area contributed by atoms with Gasteiger partial charge >= 0.3 is 17.9 Å². The molecule has 0 heterocycles. The third kappa shape index (κ3) is 27.3. The number of hydrogen-bond acceptors (Lipinski definition) is 6. The molecule has 0 fully saturated rings. The second kappa shape index (κ2) is 29.4. The predicted molar refractivity (Wildman–Crippen MR) is 187 cm³/mol. The lowest BCUT2D eigenvalue weighted by Gasteiger charge is -2.31. The number of likely N-dealkylation sites (N-methyl/N-ethyl adjacent to an activating group) is 1. The molecule has 0 amide bonds. The monoisotopic (exact) mass is 646 g/mol. The van der Waals surface area contributed by atoms with Gasteiger partial charge in [0.05, 0.1) is 40.8 Å². The van der Waals surface area contributed by atoms with Gasteiger partial charge in [-0.15, -0.1) is 0 Å². The van der Waals surface area contributed by atoms with Crippen molar-refractivity contribution in [3.05, 3.63) is 60.8 Å². The lowest BCUT2D eigenvalue weighted by molar-refractivity contribution is -0.887. The van der Waals surface area contributed by atoms with E-state index in [1.54, 1.807) is 6.08 Å². The molecule has 0 aromatic carbocycles. The summed E-state index contributed by atoms with van der Waals surface area (Å²) in [6.07, 6.45) is 33.1. The van der Waals surface area contributed by atoms with Crippen LogP contribution in [0.1, 0.15) is 110 Å². The normalized spacial score (nSPS) is 13.8. The molecule has 0 rings (SSSR count). The standard InChI is InChI=1S/C38H63NO7/c1-6-8-10-12-14-15-16-17-18-19-20-21-23-25-27-29-37(41)46-34(32-44-31-30-35(38(42)43)39(3,4)5)33-45-36(40)28-26-24-22-13-11-9-7-2/h8,10,14-15,17-18,20-21,25,27,34-35H,6-7,9,11-13,16,19,22-24,26,28-33H2,1-5H3/p+1/b10-8-,15-14-,18-17-,21-20-,27-25-. The molecule has 0 saturated carbocycles. The van der Waals surface area contributed by atoms with Crippen molar-refractivity contribution in [2.24, 2.45) is 0 Å². The van der Waals surface area contributed by atoms with Gasteiger partial charge in [0.15, 0.2) is 12.1 Å². The summed E-state index contributed by atoms with van der Waals surface area (Å²) in [5, 5.41) is 9.54. The van der Waals surface area contributed by atoms with Gasteiger partial charge in [0.1, 0.15) is 6.61 Å². The SMILES string of the molecule is CC/C=C\C/C=C\C/C=C\C/C=C\C/C=C\CC(=O)OC(COCCC(C(=O)O)[N+](C)(C)C)COC(=O)CCCCCCCCC. The summed E-state index contributed by atoms with van der Waals surface area (Å²) >= 11 is 0. The van der Waals surface area contributed by atoms with E-state index >= 15 is 0 Å². The third-order valence-corrected chi connectivity index (χ3v) is 7.21. The van der Waals surface area contributed by atoms with Crippen LogP contribution < -0.4 is 0 Å². The molecule has 262 valence electrons. The van der Waals surface area contributed by atoms with Crippen LogP contribution in [0.2, 0.25) is 0 Å². The second-order valence-electron chi connectivity index (χ2n) is 12.4. The van der Waals surface area contributed by atoms with E-state index < -0.39 is 24.1 Å². The van der Waals surface area contributed by atoms with Crippen LogP contribution in [0.5, 0.6) is 0 Å². The minimum absolute atomic E-state index is 0.0194. The predicted octanol–water partition coefficient (Wildman–Crippen LogP) is 8.29. The van der Waals surface area contributed by atoms with Gasteiger partial charge in [0, 0.05) is 12.8 Å². The Bertz CT molecular complexity index is 943. The second-order valence-corrected chi connectivity index (χ2v) is 12.4. The highest BCUT2D eigenvalue weighted by Crippen LogP contribution is 2.11. The zero-order chi connectivity index (χ0) is 34.3. The third-order valence-electron chi connectivity index (χ3n) is 7.21. The van der Waals surface area contributed by atoms with Crippen LogP contribution in [0.15, 0.2) is 60.8 Å². The summed E-state index contributed by atoms with van der Waals surface area (Å²) in [7, 11) is 5.47. The van der Waals surface area contributed by atoms with Gasteiger partial charge in [0.25, 0.3) is 0 Å². The molecule has 0 aliphatic rings. The van der Waals surface area contributed by atoms with Crippen LogP contribution in [0.3, 0.4) is 0 Å². The van der Waals surface area contributed by atoms with Crippen molar-refractivity contribution in [2.75, 3.05) is 41.0 Å². The molecule has 0 aromatic rings. The number of nitrogens with zero attached hydrogens (tertiary/aromatic N) is 1. The minimum atomic E-state index is -0.893. The molecule has 0 saturated heterocycles. The molecule has 2 atom stereocenters. The largest absolute Gasteiger partial charge is 0.477 e. The molecule has 0 spiro atoms. The average Bonchev–Trinajstić information content (AvgIpc) is 3.00. The fourth-order valence-corrected chi connectivity index (χ4v) is 4.52. The Morgan fingerprint density at radius 3 is 1.72 bits per heavy atom. The fraction of sp³-hybridized carbons (Fsp3) is 0.658. The maximum atomic E-state index is 12.5. The van der Waals surface area contributed by atoms with Gasteiger partial charge in [-0.2, -0.15) is 0 Å². The van der Waals surface area contributed by atoms with Crippen LogP contribution in [0.4, 0.5) is 0 Å². The van der Waals surface area contributed by atoms with E-state index in [1.165, 1.54) is 25.7 Å². The number of carbonyl (C=O) groups is 3. The molecule has 1 N–H and O–H groups in total. The number of ether oxygens (including phenoxy) is 3. The number of carboxylic acids is 1. The first-order valence-corrected chi connectivity index (χ1v) is 17.3. The number of aliphatic carboxylic acids is 1. The zero-order valence-corrected chi connectivity index (χ0v) is 29.5. The summed E-state index contributed by atoms with van der Waals surface area (Å²) in [6, 6.07) is -0.629. The van der Waals surface area contributed by atoms with Gasteiger partial charge in [-0.25, -0.2) is 4.79 Å². The Labute approximate surface area is 279 Å². The van der Waals surface area contributed by atoms with Crippen LogP contribution in [0, 0.1) is 0 Å². The molecule has 0 radical (unpaired) electrons. The maximum Gasteiger partial charge on any atom is 0.362 e. The zero-order valence-electron chi connectivity index (χ0n) is 29.5. The quantitative estimate of drug-likeness (QED) is 0.0378. The van der Waals surface area contributed by atoms with E-state index in [0.29, 0.717) is 19.3 Å². The van der Waals surface area contributed by atoms with Crippen molar-refractivity contribution in [2.45, 2.75) is 122 Å². The molecule has 8 nitrogen and oxygen atoms in total. The lowest BCUT2D eigenvalue weighted by atomic mass is 10.1. The van der Waals surface area contributed by atoms with Crippen LogP contribution >= 0.6 is 0 Å². The fourth-order valence-electron chi connectivity index (χ4n) is 4.52. The molecule has 8 heteroatoms. The van der Waals surface area contributed by atoms with E-state index in [-0.39, 0.29) is 36.7 Å². The van der Waals surface area contributed by atoms with E-state index in [4.69, 9.17) is 14.2 Å². The highest BCUT2D eigenvalue weighted by atomic mass is 16.6. The molecule has 46 heavy (non-hydrogen) atoms. The van der Waals surface area contributed by atoms with E-state index in [2.05, 4.69) is 62.5 Å². The Morgan fingerprint density at radius 2 is 1.20 bits per heavy atom. The first-order chi connectivity index (χ1) is 22.1. The van der Waals surface area contributed by atoms with Crippen LogP contribution in [-0.2, 0) is 28.6 Å². The maximum absolute atomic E-state index is 12.5. The summed E-state index contributed by atoms with van der Waals surface area (Å²) < 4.78 is 17.0. The minimum Gasteiger partial charge on any atom is -0.477 e. The van der Waals surface area contributed by atoms with Gasteiger partial charge < -0.3 is 23.8 Å². The molecular formula is C38H64NO7+. The number of rotatable bonds is 29. The molecular weight excluding hydrogens is 582 g/mol. The van der Waals surface area contributed by atoms with E-state index in [1.807, 2.05) is 27.2 Å². The first-order valence-electron chi connectivity index (χ1n) is 17.3. The van der Waals surface area contributed by atoms with Crippen molar-refractivity contribution in [1.29, 1.82) is 0 Å². The van der Waals surface area contributed by atoms with Crippen molar-refractivity contribution in [3.8, 4) is 0 Å². The van der Waals surface area contributed by atoms with Crippen molar-refractivity contribution in [1.82, 2.24) is 0 Å². The van der Waals surface area contributed by atoms with Crippen molar-refractivity contribution < 1.29 is 38.2 Å². The van der Waals surface area contributed by atoms with Crippen molar-refractivity contribution in [3.63, 3.8) is 0 Å². The number of unbranched alkanes of at least 4 members (excludes halogenated alkanes) is 6. The highest BCUT2D eigenvalue weighted by Gasteiger charge is 2.31. The highest BCUT2D eigenvalue weighted by molar-refractivity contribution is 5.72. The van der Waals surface area contributed by atoms with E-state index in [9.17, 15) is 19.5 Å². The first kappa shape index (κ1) is 43.0. The topological polar surface area (TPSA) is 99.1 Å². The molecule has 2 unspecified atom stereocenters. The summed E-state index contributed by atoms with van der Waals surface area (Å²) in [4.78, 5) is 36.5. The number of carbonyl (C=O) groups excluding carboxylic acids is 2. The van der Waals surface area contributed by atoms with Crippen molar-refractivity contribution >= 4 is 17.9 Å². The molecule has 0 aromatic heterocycles. The smallest absolute Gasteiger partial charge is 0.362 e. The number of carboxylic acid groups (broad SMARTS) is 1. The Kier molecular flexibility index (Phi) is 27.5. The number of allylic oxidation sites excluding steroid dienone is 9. The molecule has 0 aliphatic carbocycles. The summed E-state index contributed by atoms with van der Waals surface area (Å²) in [5.74, 6) is -1.65.